The molecule has 3 aliphatic rings. The zero-order valence-corrected chi connectivity index (χ0v) is 22.6. The lowest BCUT2D eigenvalue weighted by atomic mass is 9.86. The summed E-state index contributed by atoms with van der Waals surface area (Å²) in [5.41, 5.74) is 6.36. The summed E-state index contributed by atoms with van der Waals surface area (Å²) >= 11 is 0. The molecule has 4 aromatic rings. The van der Waals surface area contributed by atoms with Crippen LogP contribution in [0.4, 0.5) is 5.82 Å². The Morgan fingerprint density at radius 2 is 1.93 bits per heavy atom. The molecule has 200 valence electrons. The van der Waals surface area contributed by atoms with E-state index in [-0.39, 0.29) is 18.0 Å². The van der Waals surface area contributed by atoms with Gasteiger partial charge in [0.2, 0.25) is 0 Å². The molecule has 0 spiro atoms. The van der Waals surface area contributed by atoms with Crippen LogP contribution in [0, 0.1) is 6.92 Å². The van der Waals surface area contributed by atoms with E-state index in [0.717, 1.165) is 28.2 Å². The van der Waals surface area contributed by atoms with Gasteiger partial charge < -0.3 is 9.13 Å². The highest BCUT2D eigenvalue weighted by molar-refractivity contribution is 6.19. The van der Waals surface area contributed by atoms with Crippen molar-refractivity contribution >= 4 is 29.3 Å². The summed E-state index contributed by atoms with van der Waals surface area (Å²) in [6, 6.07) is 9.54. The number of imidazole rings is 1. The van der Waals surface area contributed by atoms with Crippen molar-refractivity contribution in [3.05, 3.63) is 84.0 Å². The standard InChI is InChI=1S/C30H29N9O/c1-18(2)38-17-34-36-29(38)24-5-4-6-28(35-24)39-16-33-25-11-22(21-8-7-19(3)31-13-21)27(12-23(25)30(39)40)37-14-26(32-15-37)20-9-10-20/h4-8,12-18,20,25H,9-11H2,1-3H3. The highest BCUT2D eigenvalue weighted by atomic mass is 16.2. The molecule has 0 radical (unpaired) electrons. The summed E-state index contributed by atoms with van der Waals surface area (Å²) in [4.78, 5) is 34.3. The Kier molecular flexibility index (Phi) is 5.76. The largest absolute Gasteiger partial charge is 0.310 e. The number of nitrogens with zero attached hydrogens (tertiary/aromatic N) is 9. The van der Waals surface area contributed by atoms with Gasteiger partial charge in [-0.2, -0.15) is 0 Å². The van der Waals surface area contributed by atoms with Crippen LogP contribution < -0.4 is 4.90 Å². The summed E-state index contributed by atoms with van der Waals surface area (Å²) in [6.07, 6.45) is 14.0. The first-order valence-electron chi connectivity index (χ1n) is 13.6. The molecule has 7 rings (SSSR count). The number of allylic oxidation sites excluding steroid dienone is 2. The minimum Gasteiger partial charge on any atom is -0.310 e. The molecule has 0 saturated heterocycles. The zero-order valence-electron chi connectivity index (χ0n) is 22.6. The van der Waals surface area contributed by atoms with Gasteiger partial charge in [-0.15, -0.1) is 10.2 Å². The maximum atomic E-state index is 14.0. The lowest BCUT2D eigenvalue weighted by Gasteiger charge is -2.31. The molecule has 1 saturated carbocycles. The average Bonchev–Trinajstić information content (AvgIpc) is 3.48. The summed E-state index contributed by atoms with van der Waals surface area (Å²) in [5.74, 6) is 1.53. The highest BCUT2D eigenvalue weighted by Gasteiger charge is 2.35. The zero-order chi connectivity index (χ0) is 27.4. The molecule has 1 atom stereocenters. The number of aliphatic imine (C=N–C) groups is 1. The van der Waals surface area contributed by atoms with Crippen molar-refractivity contribution in [2.24, 2.45) is 4.99 Å². The van der Waals surface area contributed by atoms with E-state index in [4.69, 9.17) is 9.98 Å². The van der Waals surface area contributed by atoms with Crippen LogP contribution in [0.3, 0.4) is 0 Å². The van der Waals surface area contributed by atoms with Gasteiger partial charge in [0.05, 0.1) is 30.1 Å². The lowest BCUT2D eigenvalue weighted by Crippen LogP contribution is -2.40. The summed E-state index contributed by atoms with van der Waals surface area (Å²) in [6.45, 7) is 6.10. The number of anilines is 1. The minimum absolute atomic E-state index is 0.143. The Labute approximate surface area is 231 Å². The Morgan fingerprint density at radius 3 is 2.70 bits per heavy atom. The van der Waals surface area contributed by atoms with Gasteiger partial charge >= 0.3 is 0 Å². The predicted octanol–water partition coefficient (Wildman–Crippen LogP) is 4.84. The monoisotopic (exact) mass is 531 g/mol. The van der Waals surface area contributed by atoms with Crippen molar-refractivity contribution < 1.29 is 4.79 Å². The van der Waals surface area contributed by atoms with E-state index in [1.165, 1.54) is 17.7 Å². The van der Waals surface area contributed by atoms with E-state index in [2.05, 4.69) is 46.3 Å². The number of carbonyl (C=O) groups excluding carboxylic acids is 1. The quantitative estimate of drug-likeness (QED) is 0.352. The average molecular weight is 532 g/mol. The Morgan fingerprint density at radius 1 is 1.05 bits per heavy atom. The molecule has 10 heteroatoms. The van der Waals surface area contributed by atoms with Gasteiger partial charge in [-0.1, -0.05) is 12.1 Å². The van der Waals surface area contributed by atoms with E-state index in [0.29, 0.717) is 35.2 Å². The number of amides is 1. The molecule has 4 aromatic heterocycles. The third-order valence-corrected chi connectivity index (χ3v) is 7.66. The van der Waals surface area contributed by atoms with Gasteiger partial charge in [0.15, 0.2) is 5.82 Å². The summed E-state index contributed by atoms with van der Waals surface area (Å²) in [7, 11) is 0. The fourth-order valence-electron chi connectivity index (χ4n) is 5.27. The van der Waals surface area contributed by atoms with Gasteiger partial charge in [0.25, 0.3) is 5.91 Å². The molecule has 10 nitrogen and oxygen atoms in total. The molecule has 40 heavy (non-hydrogen) atoms. The van der Waals surface area contributed by atoms with Crippen molar-refractivity contribution in [1.29, 1.82) is 0 Å². The molecule has 0 bridgehead atoms. The van der Waals surface area contributed by atoms with Gasteiger partial charge in [0, 0.05) is 42.0 Å². The molecule has 5 heterocycles. The lowest BCUT2D eigenvalue weighted by molar-refractivity contribution is -0.114. The van der Waals surface area contributed by atoms with E-state index >= 15 is 0 Å². The van der Waals surface area contributed by atoms with Gasteiger partial charge in [0.1, 0.15) is 17.8 Å². The Balaban J connectivity index is 1.28. The van der Waals surface area contributed by atoms with Crippen LogP contribution in [-0.4, -0.2) is 52.6 Å². The Hall–Kier alpha value is -4.73. The van der Waals surface area contributed by atoms with E-state index in [9.17, 15) is 4.79 Å². The molecule has 1 aliphatic heterocycles. The number of aryl methyl sites for hydroxylation is 1. The number of hydrogen-bond acceptors (Lipinski definition) is 7. The van der Waals surface area contributed by atoms with E-state index < -0.39 is 0 Å². The molecule has 0 N–H and O–H groups in total. The first-order valence-corrected chi connectivity index (χ1v) is 13.6. The van der Waals surface area contributed by atoms with Crippen LogP contribution in [-0.2, 0) is 4.79 Å². The van der Waals surface area contributed by atoms with E-state index in [1.54, 1.807) is 12.7 Å². The number of rotatable bonds is 6. The fraction of sp³-hybridized carbons (Fsp3) is 0.300. The number of pyridine rings is 2. The molecular formula is C30H29N9O. The highest BCUT2D eigenvalue weighted by Crippen LogP contribution is 2.41. The first-order chi connectivity index (χ1) is 19.5. The second kappa shape index (κ2) is 9.48. The van der Waals surface area contributed by atoms with Crippen LogP contribution >= 0.6 is 0 Å². The molecule has 1 unspecified atom stereocenters. The van der Waals surface area contributed by atoms with Crippen molar-refractivity contribution in [3.8, 4) is 11.5 Å². The van der Waals surface area contributed by atoms with Crippen LogP contribution in [0.25, 0.3) is 22.8 Å². The van der Waals surface area contributed by atoms with Gasteiger partial charge in [-0.3, -0.25) is 19.7 Å². The molecule has 0 aromatic carbocycles. The predicted molar refractivity (Wildman–Crippen MR) is 152 cm³/mol. The third kappa shape index (κ3) is 4.25. The molecular weight excluding hydrogens is 502 g/mol. The van der Waals surface area contributed by atoms with Crippen molar-refractivity contribution in [3.63, 3.8) is 0 Å². The van der Waals surface area contributed by atoms with Crippen molar-refractivity contribution in [2.75, 3.05) is 4.90 Å². The third-order valence-electron chi connectivity index (χ3n) is 7.66. The second-order valence-electron chi connectivity index (χ2n) is 10.8. The molecule has 2 aliphatic carbocycles. The van der Waals surface area contributed by atoms with Crippen LogP contribution in [0.1, 0.15) is 62.0 Å². The van der Waals surface area contributed by atoms with E-state index in [1.807, 2.05) is 58.9 Å². The van der Waals surface area contributed by atoms with Crippen LogP contribution in [0.5, 0.6) is 0 Å². The Bertz CT molecular complexity index is 1700. The number of fused-ring (bicyclic) bond motifs is 1. The van der Waals surface area contributed by atoms with Gasteiger partial charge in [-0.05, 0) is 69.0 Å². The smallest absolute Gasteiger partial charge is 0.262 e. The van der Waals surface area contributed by atoms with Crippen molar-refractivity contribution in [2.45, 2.75) is 58.0 Å². The minimum atomic E-state index is -0.289. The SMILES string of the molecule is Cc1ccc(C2=C(n3cnc(C4CC4)c3)C=C3C(=O)N(c4cccc(-c5nncn5C(C)C)n4)C=NC3C2)cn1. The fourth-order valence-corrected chi connectivity index (χ4v) is 5.27. The van der Waals surface area contributed by atoms with Crippen LogP contribution in [0.2, 0.25) is 0 Å². The van der Waals surface area contributed by atoms with Gasteiger partial charge in [-0.25, -0.2) is 9.97 Å². The van der Waals surface area contributed by atoms with Crippen molar-refractivity contribution in [1.82, 2.24) is 34.3 Å². The molecule has 1 fully saturated rings. The van der Waals surface area contributed by atoms with Crippen LogP contribution in [0.15, 0.2) is 72.0 Å². The normalized spacial score (nSPS) is 18.9. The topological polar surface area (TPSA) is 107 Å². The summed E-state index contributed by atoms with van der Waals surface area (Å²) in [5, 5.41) is 8.33. The molecule has 1 amide bonds. The maximum absolute atomic E-state index is 14.0. The first kappa shape index (κ1) is 24.3. The number of hydrogen-bond donors (Lipinski definition) is 0. The second-order valence-corrected chi connectivity index (χ2v) is 10.8. The maximum Gasteiger partial charge on any atom is 0.262 e. The summed E-state index contributed by atoms with van der Waals surface area (Å²) < 4.78 is 4.00. The number of carbonyl (C=O) groups is 1. The number of aromatic nitrogens is 7.